The molecule has 2 saturated heterocycles. The third-order valence-corrected chi connectivity index (χ3v) is 14.3. The summed E-state index contributed by atoms with van der Waals surface area (Å²) in [7, 11) is -3.83. The van der Waals surface area contributed by atoms with Crippen LogP contribution in [0.25, 0.3) is 0 Å². The number of nitrogens with one attached hydrogen (secondary N) is 4. The van der Waals surface area contributed by atoms with Crippen molar-refractivity contribution in [2.75, 3.05) is 91.5 Å². The highest BCUT2D eigenvalue weighted by atomic mass is 32.2. The number of carbonyl (C=O) groups is 2. The van der Waals surface area contributed by atoms with Gasteiger partial charge in [-0.2, -0.15) is 11.8 Å². The van der Waals surface area contributed by atoms with Crippen molar-refractivity contribution in [1.82, 2.24) is 21.0 Å². The van der Waals surface area contributed by atoms with Crippen LogP contribution < -0.4 is 21.0 Å². The molecule has 0 saturated carbocycles. The molecule has 0 radical (unpaired) electrons. The molecule has 0 bridgehead atoms. The first-order chi connectivity index (χ1) is 32.0. The SMILES string of the molecule is CCOCCOCCOCCOCCOCCNP(=O)(OCCC(CCNC(=O)CCCC1SCC2NC(=O)NC21)OC(c1ccccc1)(c1ccccc1)c1ccccc1)OC(C)(C)C. The molecule has 2 heterocycles. The lowest BCUT2D eigenvalue weighted by molar-refractivity contribution is -0.121. The van der Waals surface area contributed by atoms with Gasteiger partial charge < -0.3 is 44.4 Å². The number of rotatable bonds is 34. The Balaban J connectivity index is 1.18. The number of thioether (sulfide) groups is 1. The van der Waals surface area contributed by atoms with Gasteiger partial charge in [-0.05, 0) is 70.1 Å². The summed E-state index contributed by atoms with van der Waals surface area (Å²) in [5.74, 6) is 0.838. The molecule has 0 spiro atoms. The van der Waals surface area contributed by atoms with Crippen LogP contribution in [0.1, 0.15) is 76.5 Å². The van der Waals surface area contributed by atoms with E-state index in [1.807, 2.05) is 94.1 Å². The predicted octanol–water partition coefficient (Wildman–Crippen LogP) is 7.23. The number of benzene rings is 3. The van der Waals surface area contributed by atoms with Crippen molar-refractivity contribution in [3.63, 3.8) is 0 Å². The first-order valence-corrected chi connectivity index (χ1v) is 26.0. The molecule has 0 aliphatic carbocycles. The third-order valence-electron chi connectivity index (χ3n) is 10.8. The van der Waals surface area contributed by atoms with Gasteiger partial charge in [0.1, 0.15) is 5.60 Å². The third kappa shape index (κ3) is 18.3. The van der Waals surface area contributed by atoms with Crippen LogP contribution >= 0.6 is 19.5 Å². The van der Waals surface area contributed by atoms with E-state index >= 15 is 0 Å². The second kappa shape index (κ2) is 28.8. The number of amides is 3. The fraction of sp³-hybridized carbons (Fsp3) is 0.592. The van der Waals surface area contributed by atoms with E-state index in [0.29, 0.717) is 91.7 Å². The average molecular weight is 957 g/mol. The van der Waals surface area contributed by atoms with Gasteiger partial charge in [-0.25, -0.2) is 14.4 Å². The molecule has 5 unspecified atom stereocenters. The van der Waals surface area contributed by atoms with Gasteiger partial charge in [-0.1, -0.05) is 91.0 Å². The maximum absolute atomic E-state index is 14.3. The maximum Gasteiger partial charge on any atom is 0.406 e. The van der Waals surface area contributed by atoms with Gasteiger partial charge in [-0.15, -0.1) is 0 Å². The Bertz CT molecular complexity index is 1770. The van der Waals surface area contributed by atoms with Crippen molar-refractivity contribution in [1.29, 1.82) is 0 Å². The second-order valence-corrected chi connectivity index (χ2v) is 20.1. The lowest BCUT2D eigenvalue weighted by Crippen LogP contribution is -2.39. The van der Waals surface area contributed by atoms with Crippen molar-refractivity contribution >= 4 is 31.4 Å². The molecular weight excluding hydrogens is 884 g/mol. The Labute approximate surface area is 396 Å². The molecule has 3 aromatic rings. The molecular formula is C49H73N4O11PS. The quantitative estimate of drug-likeness (QED) is 0.0205. The van der Waals surface area contributed by atoms with Crippen LogP contribution in [0.3, 0.4) is 0 Å². The van der Waals surface area contributed by atoms with Crippen LogP contribution in [0, 0.1) is 0 Å². The minimum absolute atomic E-state index is 0.0379. The first kappa shape index (κ1) is 53.6. The maximum atomic E-state index is 14.3. The molecule has 3 amide bonds. The molecule has 66 heavy (non-hydrogen) atoms. The summed E-state index contributed by atoms with van der Waals surface area (Å²) in [6.45, 7) is 12.7. The minimum atomic E-state index is -3.83. The number of carbonyl (C=O) groups excluding carboxylic acids is 2. The summed E-state index contributed by atoms with van der Waals surface area (Å²) < 4.78 is 61.5. The lowest BCUT2D eigenvalue weighted by Gasteiger charge is -2.39. The van der Waals surface area contributed by atoms with Crippen molar-refractivity contribution < 1.29 is 51.6 Å². The average Bonchev–Trinajstić information content (AvgIpc) is 3.87. The number of hydrogen-bond donors (Lipinski definition) is 4. The zero-order valence-corrected chi connectivity index (χ0v) is 41.0. The molecule has 0 aromatic heterocycles. The summed E-state index contributed by atoms with van der Waals surface area (Å²) >= 11 is 1.84. The van der Waals surface area contributed by atoms with Crippen LogP contribution in [0.5, 0.6) is 0 Å². The molecule has 5 atom stereocenters. The highest BCUT2D eigenvalue weighted by Gasteiger charge is 2.43. The molecule has 366 valence electrons. The monoisotopic (exact) mass is 956 g/mol. The zero-order valence-electron chi connectivity index (χ0n) is 39.3. The standard InChI is InChI=1S/C49H73N4O11PS/c1-5-57-30-31-59-34-35-61-37-36-60-33-32-58-29-27-51-65(56,64-48(2,3)4)62-28-25-42(24-26-50-45(54)23-15-22-44-46-43(38-66-44)52-47(55)53-46)63-49(39-16-9-6-10-17-39,40-18-11-7-12-19-40)41-20-13-8-14-21-41/h6-14,16-21,42-44,46H,5,15,22-38H2,1-4H3,(H,50,54)(H,51,56)(H2,52,53,55). The summed E-state index contributed by atoms with van der Waals surface area (Å²) in [5.41, 5.74) is 1.01. The highest BCUT2D eigenvalue weighted by Crippen LogP contribution is 2.48. The summed E-state index contributed by atoms with van der Waals surface area (Å²) in [4.78, 5) is 25.1. The Morgan fingerprint density at radius 2 is 1.26 bits per heavy atom. The molecule has 4 N–H and O–H groups in total. The van der Waals surface area contributed by atoms with Crippen LogP contribution in [0.15, 0.2) is 91.0 Å². The topological polar surface area (TPSA) is 173 Å². The van der Waals surface area contributed by atoms with Crippen LogP contribution in [0.2, 0.25) is 0 Å². The van der Waals surface area contributed by atoms with E-state index in [-0.39, 0.29) is 49.0 Å². The van der Waals surface area contributed by atoms with Gasteiger partial charge in [0.05, 0.1) is 89.9 Å². The zero-order chi connectivity index (χ0) is 46.9. The van der Waals surface area contributed by atoms with Crippen LogP contribution in [-0.2, 0) is 52.4 Å². The highest BCUT2D eigenvalue weighted by molar-refractivity contribution is 8.00. The van der Waals surface area contributed by atoms with Crippen molar-refractivity contribution in [2.45, 2.75) is 94.4 Å². The number of urea groups is 1. The van der Waals surface area contributed by atoms with Crippen LogP contribution in [-0.4, -0.2) is 132 Å². The Kier molecular flexibility index (Phi) is 23.4. The van der Waals surface area contributed by atoms with E-state index < -0.39 is 25.1 Å². The predicted molar refractivity (Wildman–Crippen MR) is 258 cm³/mol. The lowest BCUT2D eigenvalue weighted by atomic mass is 9.79. The molecule has 15 nitrogen and oxygen atoms in total. The molecule has 5 rings (SSSR count). The largest absolute Gasteiger partial charge is 0.406 e. The van der Waals surface area contributed by atoms with E-state index in [1.165, 1.54) is 0 Å². The Morgan fingerprint density at radius 3 is 1.79 bits per heavy atom. The smallest absolute Gasteiger partial charge is 0.379 e. The van der Waals surface area contributed by atoms with Gasteiger partial charge in [-0.3, -0.25) is 13.8 Å². The van der Waals surface area contributed by atoms with Crippen molar-refractivity contribution in [3.8, 4) is 0 Å². The van der Waals surface area contributed by atoms with Gasteiger partial charge >= 0.3 is 13.8 Å². The number of hydrogen-bond acceptors (Lipinski definition) is 12. The van der Waals surface area contributed by atoms with Gasteiger partial charge in [0.25, 0.3) is 0 Å². The van der Waals surface area contributed by atoms with E-state index in [4.69, 9.17) is 37.5 Å². The second-order valence-electron chi connectivity index (χ2n) is 17.0. The molecule has 2 aliphatic rings. The molecule has 2 aliphatic heterocycles. The first-order valence-electron chi connectivity index (χ1n) is 23.4. The van der Waals surface area contributed by atoms with Gasteiger partial charge in [0.15, 0.2) is 0 Å². The summed E-state index contributed by atoms with van der Waals surface area (Å²) in [6.07, 6.45) is 2.24. The Morgan fingerprint density at radius 1 is 0.727 bits per heavy atom. The number of fused-ring (bicyclic) bond motifs is 1. The molecule has 2 fully saturated rings. The van der Waals surface area contributed by atoms with E-state index in [9.17, 15) is 14.2 Å². The Hall–Kier alpha value is -3.38. The summed E-state index contributed by atoms with van der Waals surface area (Å²) in [6, 6.07) is 30.5. The van der Waals surface area contributed by atoms with E-state index in [2.05, 4.69) is 57.4 Å². The number of ether oxygens (including phenoxy) is 6. The fourth-order valence-electron chi connectivity index (χ4n) is 7.85. The van der Waals surface area contributed by atoms with E-state index in [0.717, 1.165) is 28.9 Å². The van der Waals surface area contributed by atoms with E-state index in [1.54, 1.807) is 0 Å². The fourth-order valence-corrected chi connectivity index (χ4v) is 11.0. The molecule has 17 heteroatoms. The normalized spacial score (nSPS) is 18.6. The van der Waals surface area contributed by atoms with Crippen molar-refractivity contribution in [2.24, 2.45) is 0 Å². The summed E-state index contributed by atoms with van der Waals surface area (Å²) in [5, 5.41) is 12.4. The minimum Gasteiger partial charge on any atom is -0.379 e. The van der Waals surface area contributed by atoms with Crippen LogP contribution in [0.4, 0.5) is 4.79 Å². The van der Waals surface area contributed by atoms with Gasteiger partial charge in [0.2, 0.25) is 5.91 Å². The van der Waals surface area contributed by atoms with Crippen molar-refractivity contribution in [3.05, 3.63) is 108 Å². The molecule has 3 aromatic carbocycles. The van der Waals surface area contributed by atoms with Gasteiger partial charge in [0, 0.05) is 37.1 Å².